The average Bonchev–Trinajstić information content (AvgIpc) is 2.74. The summed E-state index contributed by atoms with van der Waals surface area (Å²) in [7, 11) is 0. The first-order valence-corrected chi connectivity index (χ1v) is 6.26. The molecule has 94 valence electrons. The molecule has 0 bridgehead atoms. The van der Waals surface area contributed by atoms with Gasteiger partial charge in [-0.1, -0.05) is 0 Å². The molecule has 0 saturated carbocycles. The van der Waals surface area contributed by atoms with Crippen molar-refractivity contribution in [2.24, 2.45) is 5.73 Å². The number of primary amides is 1. The topological polar surface area (TPSA) is 55.1 Å². The van der Waals surface area contributed by atoms with Gasteiger partial charge in [0.1, 0.15) is 5.82 Å². The SMILES string of the molecule is Cc1ccc(CNc2cc(C(N)=O)ccc2F)s1. The van der Waals surface area contributed by atoms with Gasteiger partial charge in [-0.05, 0) is 37.3 Å². The molecule has 1 amide bonds. The maximum Gasteiger partial charge on any atom is 0.248 e. The van der Waals surface area contributed by atoms with E-state index in [1.54, 1.807) is 11.3 Å². The zero-order valence-electron chi connectivity index (χ0n) is 9.87. The Balaban J connectivity index is 2.13. The van der Waals surface area contributed by atoms with Crippen LogP contribution in [0, 0.1) is 12.7 Å². The van der Waals surface area contributed by atoms with Crippen LogP contribution in [0.1, 0.15) is 20.1 Å². The van der Waals surface area contributed by atoms with Crippen molar-refractivity contribution in [3.63, 3.8) is 0 Å². The molecule has 0 aliphatic carbocycles. The van der Waals surface area contributed by atoms with Crippen molar-refractivity contribution < 1.29 is 9.18 Å². The molecule has 3 N–H and O–H groups in total. The van der Waals surface area contributed by atoms with E-state index in [1.165, 1.54) is 23.1 Å². The van der Waals surface area contributed by atoms with Gasteiger partial charge >= 0.3 is 0 Å². The van der Waals surface area contributed by atoms with E-state index in [-0.39, 0.29) is 5.69 Å². The van der Waals surface area contributed by atoms with Crippen LogP contribution in [-0.4, -0.2) is 5.91 Å². The number of benzene rings is 1. The Bertz CT molecular complexity index is 580. The van der Waals surface area contributed by atoms with Crippen LogP contribution in [0.25, 0.3) is 0 Å². The maximum absolute atomic E-state index is 13.5. The number of carbonyl (C=O) groups is 1. The fourth-order valence-corrected chi connectivity index (χ4v) is 2.41. The Morgan fingerprint density at radius 1 is 1.39 bits per heavy atom. The largest absolute Gasteiger partial charge is 0.378 e. The predicted octanol–water partition coefficient (Wildman–Crippen LogP) is 2.91. The number of carbonyl (C=O) groups excluding carboxylic acids is 1. The van der Waals surface area contributed by atoms with Crippen molar-refractivity contribution in [2.75, 3.05) is 5.32 Å². The molecule has 0 saturated heterocycles. The summed E-state index contributed by atoms with van der Waals surface area (Å²) in [5.74, 6) is -0.960. The van der Waals surface area contributed by atoms with Crippen molar-refractivity contribution >= 4 is 22.9 Å². The molecule has 0 radical (unpaired) electrons. The molecule has 0 aliphatic heterocycles. The van der Waals surface area contributed by atoms with Crippen LogP contribution in [0.2, 0.25) is 0 Å². The molecule has 2 rings (SSSR count). The molecule has 18 heavy (non-hydrogen) atoms. The van der Waals surface area contributed by atoms with Gasteiger partial charge in [0.05, 0.1) is 5.69 Å². The van der Waals surface area contributed by atoms with Crippen molar-refractivity contribution in [1.82, 2.24) is 0 Å². The van der Waals surface area contributed by atoms with Crippen LogP contribution < -0.4 is 11.1 Å². The third-order valence-corrected chi connectivity index (χ3v) is 3.50. The van der Waals surface area contributed by atoms with Crippen molar-refractivity contribution in [1.29, 1.82) is 0 Å². The number of hydrogen-bond acceptors (Lipinski definition) is 3. The Morgan fingerprint density at radius 3 is 2.78 bits per heavy atom. The normalized spacial score (nSPS) is 10.3. The third-order valence-electron chi connectivity index (χ3n) is 2.50. The summed E-state index contributed by atoms with van der Waals surface area (Å²) in [5.41, 5.74) is 5.74. The van der Waals surface area contributed by atoms with E-state index in [0.717, 1.165) is 4.88 Å². The smallest absolute Gasteiger partial charge is 0.248 e. The number of nitrogens with two attached hydrogens (primary N) is 1. The molecule has 0 atom stereocenters. The monoisotopic (exact) mass is 264 g/mol. The maximum atomic E-state index is 13.5. The predicted molar refractivity (Wildman–Crippen MR) is 71.3 cm³/mol. The highest BCUT2D eigenvalue weighted by Crippen LogP contribution is 2.20. The zero-order chi connectivity index (χ0) is 13.1. The van der Waals surface area contributed by atoms with Crippen LogP contribution >= 0.6 is 11.3 Å². The number of amides is 1. The van der Waals surface area contributed by atoms with E-state index in [9.17, 15) is 9.18 Å². The molecule has 0 spiro atoms. The average molecular weight is 264 g/mol. The van der Waals surface area contributed by atoms with Gasteiger partial charge in [-0.3, -0.25) is 4.79 Å². The highest BCUT2D eigenvalue weighted by atomic mass is 32.1. The molecule has 1 aromatic carbocycles. The fourth-order valence-electron chi connectivity index (χ4n) is 1.58. The van der Waals surface area contributed by atoms with Gasteiger partial charge in [0, 0.05) is 21.9 Å². The van der Waals surface area contributed by atoms with Crippen LogP contribution in [-0.2, 0) is 6.54 Å². The second kappa shape index (κ2) is 5.18. The third kappa shape index (κ3) is 2.87. The van der Waals surface area contributed by atoms with Gasteiger partial charge in [0.25, 0.3) is 0 Å². The Kier molecular flexibility index (Phi) is 3.62. The number of rotatable bonds is 4. The molecule has 3 nitrogen and oxygen atoms in total. The first-order chi connectivity index (χ1) is 8.56. The number of thiophene rings is 1. The minimum Gasteiger partial charge on any atom is -0.378 e. The summed E-state index contributed by atoms with van der Waals surface area (Å²) in [4.78, 5) is 13.3. The number of aryl methyl sites for hydroxylation is 1. The summed E-state index contributed by atoms with van der Waals surface area (Å²) in [5, 5.41) is 2.97. The van der Waals surface area contributed by atoms with E-state index >= 15 is 0 Å². The lowest BCUT2D eigenvalue weighted by atomic mass is 10.2. The van der Waals surface area contributed by atoms with Crippen LogP contribution in [0.5, 0.6) is 0 Å². The molecule has 0 fully saturated rings. The van der Waals surface area contributed by atoms with Crippen LogP contribution in [0.4, 0.5) is 10.1 Å². The summed E-state index contributed by atoms with van der Waals surface area (Å²) in [6.45, 7) is 2.54. The molecule has 2 aromatic rings. The number of hydrogen-bond donors (Lipinski definition) is 2. The highest BCUT2D eigenvalue weighted by Gasteiger charge is 2.07. The summed E-state index contributed by atoms with van der Waals surface area (Å²) in [6.07, 6.45) is 0. The van der Waals surface area contributed by atoms with Gasteiger partial charge in [-0.15, -0.1) is 11.3 Å². The number of anilines is 1. The summed E-state index contributed by atoms with van der Waals surface area (Å²) >= 11 is 1.65. The van der Waals surface area contributed by atoms with Crippen molar-refractivity contribution in [3.05, 3.63) is 51.5 Å². The van der Waals surface area contributed by atoms with Gasteiger partial charge in [-0.25, -0.2) is 4.39 Å². The zero-order valence-corrected chi connectivity index (χ0v) is 10.7. The second-order valence-corrected chi connectivity index (χ2v) is 5.30. The Labute approximate surface area is 108 Å². The van der Waals surface area contributed by atoms with E-state index < -0.39 is 11.7 Å². The van der Waals surface area contributed by atoms with E-state index in [4.69, 9.17) is 5.73 Å². The van der Waals surface area contributed by atoms with Crippen LogP contribution in [0.3, 0.4) is 0 Å². The van der Waals surface area contributed by atoms with Gasteiger partial charge in [-0.2, -0.15) is 0 Å². The molecular weight excluding hydrogens is 251 g/mol. The van der Waals surface area contributed by atoms with E-state index in [0.29, 0.717) is 12.1 Å². The van der Waals surface area contributed by atoms with Crippen LogP contribution in [0.15, 0.2) is 30.3 Å². The Hall–Kier alpha value is -1.88. The molecule has 0 unspecified atom stereocenters. The van der Waals surface area contributed by atoms with E-state index in [1.807, 2.05) is 19.1 Å². The Morgan fingerprint density at radius 2 is 2.17 bits per heavy atom. The minimum atomic E-state index is -0.565. The first-order valence-electron chi connectivity index (χ1n) is 5.45. The lowest BCUT2D eigenvalue weighted by Crippen LogP contribution is -2.12. The molecule has 1 heterocycles. The van der Waals surface area contributed by atoms with E-state index in [2.05, 4.69) is 5.32 Å². The summed E-state index contributed by atoms with van der Waals surface area (Å²) in [6, 6.07) is 8.04. The van der Waals surface area contributed by atoms with Gasteiger partial charge in [0.15, 0.2) is 0 Å². The molecular formula is C13H13FN2OS. The molecule has 5 heteroatoms. The van der Waals surface area contributed by atoms with Crippen molar-refractivity contribution in [3.8, 4) is 0 Å². The number of nitrogens with one attached hydrogen (secondary N) is 1. The van der Waals surface area contributed by atoms with Gasteiger partial charge < -0.3 is 11.1 Å². The second-order valence-electron chi connectivity index (χ2n) is 3.92. The quantitative estimate of drug-likeness (QED) is 0.892. The highest BCUT2D eigenvalue weighted by molar-refractivity contribution is 7.11. The minimum absolute atomic E-state index is 0.289. The summed E-state index contributed by atoms with van der Waals surface area (Å²) < 4.78 is 13.5. The lowest BCUT2D eigenvalue weighted by Gasteiger charge is -2.07. The lowest BCUT2D eigenvalue weighted by molar-refractivity contribution is 0.100. The van der Waals surface area contributed by atoms with Crippen molar-refractivity contribution in [2.45, 2.75) is 13.5 Å². The molecule has 0 aliphatic rings. The molecule has 1 aromatic heterocycles. The first kappa shape index (κ1) is 12.6. The van der Waals surface area contributed by atoms with Gasteiger partial charge in [0.2, 0.25) is 5.91 Å². The fraction of sp³-hybridized carbons (Fsp3) is 0.154. The number of halogens is 1. The standard InChI is InChI=1S/C13H13FN2OS/c1-8-2-4-10(18-8)7-16-12-6-9(13(15)17)3-5-11(12)14/h2-6,16H,7H2,1H3,(H2,15,17).